The Morgan fingerprint density at radius 3 is 2.50 bits per heavy atom. The van der Waals surface area contributed by atoms with Crippen LogP contribution in [0.15, 0.2) is 18.2 Å². The minimum absolute atomic E-state index is 0.00604. The van der Waals surface area contributed by atoms with Gasteiger partial charge in [0.2, 0.25) is 0 Å². The van der Waals surface area contributed by atoms with Crippen molar-refractivity contribution in [3.05, 3.63) is 34.3 Å². The Hall–Kier alpha value is -1.06. The minimum atomic E-state index is 0.00604. The van der Waals surface area contributed by atoms with Gasteiger partial charge in [-0.25, -0.2) is 0 Å². The number of likely N-dealkylation sites (tertiary alicyclic amines) is 1. The van der Waals surface area contributed by atoms with Gasteiger partial charge < -0.3 is 10.2 Å². The quantitative estimate of drug-likeness (QED) is 0.919. The van der Waals surface area contributed by atoms with E-state index in [2.05, 4.69) is 10.2 Å². The molecule has 120 valence electrons. The van der Waals surface area contributed by atoms with Crippen molar-refractivity contribution in [2.75, 3.05) is 13.1 Å². The molecule has 1 aliphatic heterocycles. The van der Waals surface area contributed by atoms with Gasteiger partial charge in [0.25, 0.3) is 5.91 Å². The van der Waals surface area contributed by atoms with Crippen LogP contribution in [0.5, 0.6) is 0 Å². The van der Waals surface area contributed by atoms with Crippen LogP contribution in [0.2, 0.25) is 5.02 Å². The summed E-state index contributed by atoms with van der Waals surface area (Å²) in [7, 11) is 0. The summed E-state index contributed by atoms with van der Waals surface area (Å²) in [5.74, 6) is 0.00604. The van der Waals surface area contributed by atoms with Crippen LogP contribution in [0.25, 0.3) is 0 Å². The van der Waals surface area contributed by atoms with Crippen molar-refractivity contribution in [1.29, 1.82) is 0 Å². The Morgan fingerprint density at radius 2 is 1.86 bits per heavy atom. The molecule has 3 rings (SSSR count). The zero-order chi connectivity index (χ0) is 15.5. The van der Waals surface area contributed by atoms with Gasteiger partial charge in [-0.2, -0.15) is 0 Å². The Labute approximate surface area is 138 Å². The number of carbonyl (C=O) groups excluding carboxylic acids is 1. The molecule has 1 N–H and O–H groups in total. The summed E-state index contributed by atoms with van der Waals surface area (Å²) >= 11 is 6.11. The van der Waals surface area contributed by atoms with Crippen LogP contribution < -0.4 is 5.32 Å². The smallest absolute Gasteiger partial charge is 0.251 e. The summed E-state index contributed by atoms with van der Waals surface area (Å²) in [5.41, 5.74) is 1.67. The zero-order valence-electron chi connectivity index (χ0n) is 13.3. The molecule has 1 saturated carbocycles. The average molecular weight is 321 g/mol. The van der Waals surface area contributed by atoms with Gasteiger partial charge in [-0.1, -0.05) is 17.7 Å². The first kappa shape index (κ1) is 15.8. The van der Waals surface area contributed by atoms with Crippen molar-refractivity contribution in [2.24, 2.45) is 0 Å². The second-order valence-electron chi connectivity index (χ2n) is 6.69. The van der Waals surface area contributed by atoms with Crippen molar-refractivity contribution >= 4 is 17.5 Å². The average Bonchev–Trinajstić information content (AvgIpc) is 3.05. The molecule has 1 aliphatic carbocycles. The third kappa shape index (κ3) is 3.64. The summed E-state index contributed by atoms with van der Waals surface area (Å²) < 4.78 is 0. The fraction of sp³-hybridized carbons (Fsp3) is 0.611. The lowest BCUT2D eigenvalue weighted by Gasteiger charge is -2.34. The Balaban J connectivity index is 1.51. The van der Waals surface area contributed by atoms with Crippen molar-refractivity contribution in [3.8, 4) is 0 Å². The lowest BCUT2D eigenvalue weighted by Crippen LogP contribution is -2.43. The molecular formula is C18H25ClN2O. The SMILES string of the molecule is Cc1ccc(C(=O)N[C@H]2CC[C@@H](N3CCCC3)CC2)cc1Cl. The van der Waals surface area contributed by atoms with Crippen molar-refractivity contribution in [1.82, 2.24) is 10.2 Å². The number of amides is 1. The van der Waals surface area contributed by atoms with Gasteiger partial charge in [0.1, 0.15) is 0 Å². The molecule has 1 aromatic carbocycles. The molecule has 0 radical (unpaired) electrons. The summed E-state index contributed by atoms with van der Waals surface area (Å²) in [6.45, 7) is 4.48. The highest BCUT2D eigenvalue weighted by Crippen LogP contribution is 2.26. The van der Waals surface area contributed by atoms with E-state index in [1.54, 1.807) is 6.07 Å². The maximum absolute atomic E-state index is 12.3. The number of hydrogen-bond acceptors (Lipinski definition) is 2. The number of carbonyl (C=O) groups is 1. The van der Waals surface area contributed by atoms with E-state index in [-0.39, 0.29) is 5.91 Å². The van der Waals surface area contributed by atoms with E-state index in [1.165, 1.54) is 38.8 Å². The third-order valence-electron chi connectivity index (χ3n) is 5.12. The van der Waals surface area contributed by atoms with Gasteiger partial charge in [0.05, 0.1) is 0 Å². The number of halogens is 1. The van der Waals surface area contributed by atoms with Gasteiger partial charge in [0.15, 0.2) is 0 Å². The van der Waals surface area contributed by atoms with Gasteiger partial charge in [0, 0.05) is 22.7 Å². The van der Waals surface area contributed by atoms with Crippen LogP contribution in [-0.2, 0) is 0 Å². The van der Waals surface area contributed by atoms with Crippen LogP contribution in [0.1, 0.15) is 54.4 Å². The molecule has 3 nitrogen and oxygen atoms in total. The molecule has 1 aromatic rings. The topological polar surface area (TPSA) is 32.3 Å². The molecule has 0 unspecified atom stereocenters. The third-order valence-corrected chi connectivity index (χ3v) is 5.53. The summed E-state index contributed by atoms with van der Waals surface area (Å²) in [6, 6.07) is 6.58. The molecule has 0 atom stereocenters. The highest BCUT2D eigenvalue weighted by molar-refractivity contribution is 6.31. The van der Waals surface area contributed by atoms with E-state index in [1.807, 2.05) is 19.1 Å². The van der Waals surface area contributed by atoms with Crippen LogP contribution in [0, 0.1) is 6.92 Å². The lowest BCUT2D eigenvalue weighted by atomic mass is 9.90. The first-order valence-corrected chi connectivity index (χ1v) is 8.82. The van der Waals surface area contributed by atoms with Crippen LogP contribution in [0.3, 0.4) is 0 Å². The van der Waals surface area contributed by atoms with E-state index >= 15 is 0 Å². The van der Waals surface area contributed by atoms with Gasteiger partial charge in [-0.05, 0) is 76.2 Å². The monoisotopic (exact) mass is 320 g/mol. The zero-order valence-corrected chi connectivity index (χ0v) is 14.0. The number of nitrogens with zero attached hydrogens (tertiary/aromatic N) is 1. The van der Waals surface area contributed by atoms with Gasteiger partial charge in [-0.15, -0.1) is 0 Å². The van der Waals surface area contributed by atoms with Crippen LogP contribution in [0.4, 0.5) is 0 Å². The van der Waals surface area contributed by atoms with Gasteiger partial charge >= 0.3 is 0 Å². The molecule has 22 heavy (non-hydrogen) atoms. The molecule has 1 saturated heterocycles. The summed E-state index contributed by atoms with van der Waals surface area (Å²) in [4.78, 5) is 15.0. The van der Waals surface area contributed by atoms with Crippen molar-refractivity contribution in [2.45, 2.75) is 57.5 Å². The number of aryl methyl sites for hydroxylation is 1. The van der Waals surface area contributed by atoms with E-state index in [9.17, 15) is 4.79 Å². The van der Waals surface area contributed by atoms with Crippen LogP contribution >= 0.6 is 11.6 Å². The maximum atomic E-state index is 12.3. The predicted molar refractivity (Wildman–Crippen MR) is 90.5 cm³/mol. The molecule has 0 spiro atoms. The highest BCUT2D eigenvalue weighted by atomic mass is 35.5. The Morgan fingerprint density at radius 1 is 1.18 bits per heavy atom. The first-order chi connectivity index (χ1) is 10.6. The van der Waals surface area contributed by atoms with Crippen LogP contribution in [-0.4, -0.2) is 36.0 Å². The Bertz CT molecular complexity index is 532. The molecule has 2 fully saturated rings. The maximum Gasteiger partial charge on any atom is 0.251 e. The highest BCUT2D eigenvalue weighted by Gasteiger charge is 2.28. The van der Waals surface area contributed by atoms with E-state index in [0.717, 1.165) is 24.4 Å². The van der Waals surface area contributed by atoms with Crippen molar-refractivity contribution in [3.63, 3.8) is 0 Å². The van der Waals surface area contributed by atoms with Gasteiger partial charge in [-0.3, -0.25) is 4.79 Å². The lowest BCUT2D eigenvalue weighted by molar-refractivity contribution is 0.0911. The fourth-order valence-electron chi connectivity index (χ4n) is 3.69. The second kappa shape index (κ2) is 7.01. The number of rotatable bonds is 3. The number of hydrogen-bond donors (Lipinski definition) is 1. The normalized spacial score (nSPS) is 26.1. The standard InChI is InChI=1S/C18H25ClN2O/c1-13-4-5-14(12-17(13)19)18(22)20-15-6-8-16(9-7-15)21-10-2-3-11-21/h4-5,12,15-16H,2-3,6-11H2,1H3,(H,20,22)/t15-,16+. The van der Waals surface area contributed by atoms with E-state index < -0.39 is 0 Å². The predicted octanol–water partition coefficient (Wildman–Crippen LogP) is 3.79. The molecule has 1 amide bonds. The molecule has 2 aliphatic rings. The van der Waals surface area contributed by atoms with E-state index in [4.69, 9.17) is 11.6 Å². The Kier molecular flexibility index (Phi) is 5.04. The van der Waals surface area contributed by atoms with E-state index in [0.29, 0.717) is 16.6 Å². The second-order valence-corrected chi connectivity index (χ2v) is 7.09. The fourth-order valence-corrected chi connectivity index (χ4v) is 3.88. The molecular weight excluding hydrogens is 296 g/mol. The molecule has 0 aromatic heterocycles. The molecule has 1 heterocycles. The molecule has 0 bridgehead atoms. The largest absolute Gasteiger partial charge is 0.349 e. The minimum Gasteiger partial charge on any atom is -0.349 e. The molecule has 4 heteroatoms. The number of nitrogens with one attached hydrogen (secondary N) is 1. The summed E-state index contributed by atoms with van der Waals surface area (Å²) in [6.07, 6.45) is 7.30. The first-order valence-electron chi connectivity index (χ1n) is 8.44. The summed E-state index contributed by atoms with van der Waals surface area (Å²) in [5, 5.41) is 3.83. The van der Waals surface area contributed by atoms with Crippen molar-refractivity contribution < 1.29 is 4.79 Å². The number of benzene rings is 1.